The van der Waals surface area contributed by atoms with Crippen molar-refractivity contribution in [3.8, 4) is 0 Å². The lowest BCUT2D eigenvalue weighted by atomic mass is 10.0. The molecule has 0 aliphatic heterocycles. The highest BCUT2D eigenvalue weighted by Gasteiger charge is 2.02. The van der Waals surface area contributed by atoms with Gasteiger partial charge in [0.2, 0.25) is 0 Å². The SMILES string of the molecule is CN(C)Cc1ccccc1CCON. The van der Waals surface area contributed by atoms with Gasteiger partial charge in [0, 0.05) is 6.54 Å². The summed E-state index contributed by atoms with van der Waals surface area (Å²) >= 11 is 0. The third kappa shape index (κ3) is 3.46. The zero-order chi connectivity index (χ0) is 10.4. The summed E-state index contributed by atoms with van der Waals surface area (Å²) < 4.78 is 0. The van der Waals surface area contributed by atoms with Gasteiger partial charge in [-0.2, -0.15) is 0 Å². The fraction of sp³-hybridized carbons (Fsp3) is 0.455. The molecule has 0 radical (unpaired) electrons. The van der Waals surface area contributed by atoms with Crippen molar-refractivity contribution in [1.29, 1.82) is 0 Å². The summed E-state index contributed by atoms with van der Waals surface area (Å²) in [5.74, 6) is 5.02. The van der Waals surface area contributed by atoms with Gasteiger partial charge in [-0.1, -0.05) is 24.3 Å². The van der Waals surface area contributed by atoms with Crippen molar-refractivity contribution in [2.45, 2.75) is 13.0 Å². The van der Waals surface area contributed by atoms with Gasteiger partial charge in [0.25, 0.3) is 0 Å². The molecule has 1 aromatic rings. The van der Waals surface area contributed by atoms with Crippen LogP contribution >= 0.6 is 0 Å². The van der Waals surface area contributed by atoms with Crippen molar-refractivity contribution < 1.29 is 4.84 Å². The van der Waals surface area contributed by atoms with Crippen molar-refractivity contribution in [3.63, 3.8) is 0 Å². The number of nitrogens with zero attached hydrogens (tertiary/aromatic N) is 1. The largest absolute Gasteiger partial charge is 0.305 e. The molecule has 78 valence electrons. The van der Waals surface area contributed by atoms with E-state index >= 15 is 0 Å². The summed E-state index contributed by atoms with van der Waals surface area (Å²) in [4.78, 5) is 6.75. The quantitative estimate of drug-likeness (QED) is 0.715. The molecule has 0 saturated carbocycles. The number of hydrogen-bond acceptors (Lipinski definition) is 3. The van der Waals surface area contributed by atoms with Crippen molar-refractivity contribution in [3.05, 3.63) is 35.4 Å². The summed E-state index contributed by atoms with van der Waals surface area (Å²) in [6.07, 6.45) is 0.876. The molecule has 14 heavy (non-hydrogen) atoms. The van der Waals surface area contributed by atoms with E-state index < -0.39 is 0 Å². The van der Waals surface area contributed by atoms with Crippen LogP contribution in [0.15, 0.2) is 24.3 Å². The Morgan fingerprint density at radius 1 is 1.21 bits per heavy atom. The van der Waals surface area contributed by atoms with Crippen molar-refractivity contribution >= 4 is 0 Å². The first-order valence-electron chi connectivity index (χ1n) is 4.77. The van der Waals surface area contributed by atoms with Crippen molar-refractivity contribution in [2.75, 3.05) is 20.7 Å². The average Bonchev–Trinajstić information content (AvgIpc) is 2.16. The molecule has 0 aliphatic rings. The van der Waals surface area contributed by atoms with E-state index in [1.54, 1.807) is 0 Å². The minimum absolute atomic E-state index is 0.574. The van der Waals surface area contributed by atoms with Crippen LogP contribution in [0.2, 0.25) is 0 Å². The van der Waals surface area contributed by atoms with Crippen LogP contribution in [0.25, 0.3) is 0 Å². The number of hydrogen-bond donors (Lipinski definition) is 1. The van der Waals surface area contributed by atoms with E-state index in [-0.39, 0.29) is 0 Å². The van der Waals surface area contributed by atoms with E-state index in [9.17, 15) is 0 Å². The molecule has 3 nitrogen and oxygen atoms in total. The second-order valence-corrected chi connectivity index (χ2v) is 3.63. The van der Waals surface area contributed by atoms with Crippen LogP contribution in [-0.4, -0.2) is 25.6 Å². The lowest BCUT2D eigenvalue weighted by Gasteiger charge is -2.13. The van der Waals surface area contributed by atoms with Crippen LogP contribution in [0.3, 0.4) is 0 Å². The Hall–Kier alpha value is -0.900. The molecule has 0 amide bonds. The lowest BCUT2D eigenvalue weighted by Crippen LogP contribution is -2.13. The topological polar surface area (TPSA) is 38.5 Å². The van der Waals surface area contributed by atoms with Gasteiger partial charge in [-0.25, -0.2) is 5.90 Å². The Kier molecular flexibility index (Phi) is 4.59. The highest BCUT2D eigenvalue weighted by Crippen LogP contribution is 2.10. The smallest absolute Gasteiger partial charge is 0.0719 e. The van der Waals surface area contributed by atoms with E-state index in [0.717, 1.165) is 13.0 Å². The zero-order valence-electron chi connectivity index (χ0n) is 8.86. The minimum Gasteiger partial charge on any atom is -0.305 e. The molecule has 0 aromatic heterocycles. The standard InChI is InChI=1S/C11H18N2O/c1-13(2)9-11-6-4-3-5-10(11)7-8-14-12/h3-6H,7-9,12H2,1-2H3. The number of nitrogens with two attached hydrogens (primary N) is 1. The highest BCUT2D eigenvalue weighted by molar-refractivity contribution is 5.27. The second kappa shape index (κ2) is 5.75. The van der Waals surface area contributed by atoms with E-state index in [1.165, 1.54) is 11.1 Å². The zero-order valence-corrected chi connectivity index (χ0v) is 8.86. The highest BCUT2D eigenvalue weighted by atomic mass is 16.6. The van der Waals surface area contributed by atoms with Gasteiger partial charge in [-0.3, -0.25) is 0 Å². The molecule has 0 saturated heterocycles. The third-order valence-electron chi connectivity index (χ3n) is 2.09. The molecular formula is C11H18N2O. The molecule has 0 spiro atoms. The predicted octanol–water partition coefficient (Wildman–Crippen LogP) is 1.18. The molecule has 1 aromatic carbocycles. The molecule has 1 rings (SSSR count). The Morgan fingerprint density at radius 3 is 2.43 bits per heavy atom. The average molecular weight is 194 g/mol. The molecule has 0 bridgehead atoms. The maximum atomic E-state index is 5.02. The Bertz CT molecular complexity index is 274. The van der Waals surface area contributed by atoms with E-state index in [4.69, 9.17) is 5.90 Å². The summed E-state index contributed by atoms with van der Waals surface area (Å²) in [5, 5.41) is 0. The summed E-state index contributed by atoms with van der Waals surface area (Å²) in [6, 6.07) is 8.38. The van der Waals surface area contributed by atoms with Gasteiger partial charge in [-0.15, -0.1) is 0 Å². The fourth-order valence-electron chi connectivity index (χ4n) is 1.47. The first-order chi connectivity index (χ1) is 6.74. The molecule has 0 unspecified atom stereocenters. The molecular weight excluding hydrogens is 176 g/mol. The molecule has 0 heterocycles. The first kappa shape index (κ1) is 11.2. The molecule has 0 aliphatic carbocycles. The van der Waals surface area contributed by atoms with Crippen LogP contribution in [0.4, 0.5) is 0 Å². The van der Waals surface area contributed by atoms with Crippen LogP contribution in [0.1, 0.15) is 11.1 Å². The third-order valence-corrected chi connectivity index (χ3v) is 2.09. The van der Waals surface area contributed by atoms with Gasteiger partial charge in [0.1, 0.15) is 0 Å². The van der Waals surface area contributed by atoms with E-state index in [2.05, 4.69) is 42.0 Å². The Balaban J connectivity index is 2.69. The van der Waals surface area contributed by atoms with Crippen LogP contribution in [-0.2, 0) is 17.8 Å². The second-order valence-electron chi connectivity index (χ2n) is 3.63. The summed E-state index contributed by atoms with van der Waals surface area (Å²) in [6.45, 7) is 1.53. The van der Waals surface area contributed by atoms with Crippen molar-refractivity contribution in [2.24, 2.45) is 5.90 Å². The number of benzene rings is 1. The summed E-state index contributed by atoms with van der Waals surface area (Å²) in [5.41, 5.74) is 2.65. The molecule has 3 heteroatoms. The maximum absolute atomic E-state index is 5.02. The van der Waals surface area contributed by atoms with Gasteiger partial charge in [-0.05, 0) is 31.6 Å². The fourth-order valence-corrected chi connectivity index (χ4v) is 1.47. The monoisotopic (exact) mass is 194 g/mol. The summed E-state index contributed by atoms with van der Waals surface area (Å²) in [7, 11) is 4.13. The normalized spacial score (nSPS) is 10.9. The number of rotatable bonds is 5. The van der Waals surface area contributed by atoms with Gasteiger partial charge in [0.15, 0.2) is 0 Å². The van der Waals surface area contributed by atoms with Crippen molar-refractivity contribution in [1.82, 2.24) is 4.90 Å². The van der Waals surface area contributed by atoms with Crippen LogP contribution < -0.4 is 5.90 Å². The first-order valence-corrected chi connectivity index (χ1v) is 4.77. The van der Waals surface area contributed by atoms with Gasteiger partial charge < -0.3 is 9.74 Å². The Morgan fingerprint density at radius 2 is 1.86 bits per heavy atom. The predicted molar refractivity (Wildman–Crippen MR) is 57.7 cm³/mol. The lowest BCUT2D eigenvalue weighted by molar-refractivity contribution is 0.141. The molecule has 0 atom stereocenters. The van der Waals surface area contributed by atoms with Gasteiger partial charge >= 0.3 is 0 Å². The minimum atomic E-state index is 0.574. The molecule has 2 N–H and O–H groups in total. The van der Waals surface area contributed by atoms with E-state index in [1.807, 2.05) is 6.07 Å². The molecule has 0 fully saturated rings. The Labute approximate surface area is 85.4 Å². The van der Waals surface area contributed by atoms with E-state index in [0.29, 0.717) is 6.61 Å². The van der Waals surface area contributed by atoms with Crippen LogP contribution in [0, 0.1) is 0 Å². The maximum Gasteiger partial charge on any atom is 0.0719 e. The van der Waals surface area contributed by atoms with Gasteiger partial charge in [0.05, 0.1) is 6.61 Å². The van der Waals surface area contributed by atoms with Crippen LogP contribution in [0.5, 0.6) is 0 Å².